The number of ketones is 1. The number of nitrogens with zero attached hydrogens (tertiary/aromatic N) is 1. The number of fused-ring (bicyclic) bond motifs is 1. The van der Waals surface area contributed by atoms with Crippen LogP contribution in [-0.2, 0) is 0 Å². The first kappa shape index (κ1) is 13.5. The summed E-state index contributed by atoms with van der Waals surface area (Å²) in [5.74, 6) is 0.536. The number of hydrogen-bond acceptors (Lipinski definition) is 5. The normalized spacial score (nSPS) is 10.5. The molecule has 3 rings (SSSR count). The van der Waals surface area contributed by atoms with E-state index in [1.165, 1.54) is 18.3 Å². The molecule has 0 N–H and O–H groups in total. The first-order chi connectivity index (χ1) is 10.1. The predicted octanol–water partition coefficient (Wildman–Crippen LogP) is 3.65. The maximum Gasteiger partial charge on any atom is 0.282 e. The summed E-state index contributed by atoms with van der Waals surface area (Å²) < 4.78 is 6.42. The Bertz CT molecular complexity index is 869. The van der Waals surface area contributed by atoms with Crippen LogP contribution < -0.4 is 10.3 Å². The van der Waals surface area contributed by atoms with E-state index in [1.54, 1.807) is 36.4 Å². The summed E-state index contributed by atoms with van der Waals surface area (Å²) in [7, 11) is 0. The third-order valence-electron chi connectivity index (χ3n) is 2.97. The summed E-state index contributed by atoms with van der Waals surface area (Å²) in [5, 5.41) is 0.871. The molecule has 0 radical (unpaired) electrons. The first-order valence-electron chi connectivity index (χ1n) is 6.32. The molecule has 0 aliphatic rings. The summed E-state index contributed by atoms with van der Waals surface area (Å²) >= 11 is 1.31. The zero-order valence-corrected chi connectivity index (χ0v) is 12.0. The molecule has 4 nitrogen and oxygen atoms in total. The topological polar surface area (TPSA) is 56.3 Å². The zero-order chi connectivity index (χ0) is 14.8. The summed E-state index contributed by atoms with van der Waals surface area (Å²) in [6.45, 7) is 1.51. The number of rotatable bonds is 3. The van der Waals surface area contributed by atoms with E-state index in [-0.39, 0.29) is 16.5 Å². The van der Waals surface area contributed by atoms with E-state index in [1.807, 2.05) is 12.1 Å². The van der Waals surface area contributed by atoms with Crippen molar-refractivity contribution in [3.63, 3.8) is 0 Å². The number of hydrogen-bond donors (Lipinski definition) is 0. The summed E-state index contributed by atoms with van der Waals surface area (Å²) in [4.78, 5) is 27.0. The number of aromatic nitrogens is 1. The van der Waals surface area contributed by atoms with E-state index >= 15 is 0 Å². The summed E-state index contributed by atoms with van der Waals surface area (Å²) in [6.07, 6.45) is 0. The fourth-order valence-corrected chi connectivity index (χ4v) is 2.76. The number of benzene rings is 2. The third-order valence-corrected chi connectivity index (χ3v) is 3.90. The van der Waals surface area contributed by atoms with Gasteiger partial charge in [0.1, 0.15) is 5.75 Å². The van der Waals surface area contributed by atoms with Crippen LogP contribution in [0.2, 0.25) is 0 Å². The minimum absolute atomic E-state index is 0.00460. The third kappa shape index (κ3) is 2.83. The lowest BCUT2D eigenvalue weighted by Crippen LogP contribution is -2.05. The molecular formula is C16H11NO3S. The van der Waals surface area contributed by atoms with E-state index in [2.05, 4.69) is 4.98 Å². The van der Waals surface area contributed by atoms with E-state index in [0.717, 1.165) is 4.70 Å². The minimum atomic E-state index is -0.306. The van der Waals surface area contributed by atoms with Crippen molar-refractivity contribution >= 4 is 27.2 Å². The molecule has 21 heavy (non-hydrogen) atoms. The number of ether oxygens (including phenoxy) is 1. The van der Waals surface area contributed by atoms with Gasteiger partial charge < -0.3 is 4.74 Å². The molecule has 3 aromatic rings. The Morgan fingerprint density at radius 3 is 2.52 bits per heavy atom. The molecule has 0 unspecified atom stereocenters. The van der Waals surface area contributed by atoms with Crippen molar-refractivity contribution in [3.8, 4) is 10.9 Å². The molecule has 104 valence electrons. The molecule has 0 spiro atoms. The van der Waals surface area contributed by atoms with Gasteiger partial charge in [-0.25, -0.2) is 0 Å². The summed E-state index contributed by atoms with van der Waals surface area (Å²) in [5.41, 5.74) is 0.307. The van der Waals surface area contributed by atoms with Crippen LogP contribution in [0.3, 0.4) is 0 Å². The van der Waals surface area contributed by atoms with Crippen molar-refractivity contribution in [2.75, 3.05) is 0 Å². The van der Waals surface area contributed by atoms with E-state index in [9.17, 15) is 9.59 Å². The predicted molar refractivity (Wildman–Crippen MR) is 82.4 cm³/mol. The van der Waals surface area contributed by atoms with Gasteiger partial charge in [0.2, 0.25) is 0 Å². The van der Waals surface area contributed by atoms with Gasteiger partial charge in [0, 0.05) is 10.3 Å². The standard InChI is InChI=1S/C16H11NO3S/c1-10(18)11-6-8-12(9-7-11)20-16-17-15(19)13-4-2-3-5-14(13)21-16/h2-9H,1H3. The number of Topliss-reactive ketones (excluding diaryl/α,β-unsaturated/α-hetero) is 1. The molecule has 1 aromatic heterocycles. The number of carbonyl (C=O) groups is 1. The molecule has 0 bridgehead atoms. The Morgan fingerprint density at radius 2 is 1.81 bits per heavy atom. The van der Waals surface area contributed by atoms with Crippen molar-refractivity contribution in [1.29, 1.82) is 0 Å². The average Bonchev–Trinajstić information content (AvgIpc) is 2.48. The van der Waals surface area contributed by atoms with Crippen LogP contribution in [0.1, 0.15) is 17.3 Å². The molecule has 0 saturated carbocycles. The van der Waals surface area contributed by atoms with Gasteiger partial charge in [-0.15, -0.1) is 0 Å². The second-order valence-corrected chi connectivity index (χ2v) is 5.46. The van der Waals surface area contributed by atoms with Gasteiger partial charge in [0.15, 0.2) is 5.78 Å². The average molecular weight is 297 g/mol. The Labute approximate surface area is 124 Å². The van der Waals surface area contributed by atoms with Crippen molar-refractivity contribution < 1.29 is 9.53 Å². The first-order valence-corrected chi connectivity index (χ1v) is 7.14. The molecule has 0 aliphatic carbocycles. The Hall–Kier alpha value is -2.53. The van der Waals surface area contributed by atoms with E-state index in [0.29, 0.717) is 16.7 Å². The molecule has 5 heteroatoms. The maximum absolute atomic E-state index is 11.9. The monoisotopic (exact) mass is 297 g/mol. The minimum Gasteiger partial charge on any atom is -0.431 e. The quantitative estimate of drug-likeness (QED) is 0.692. The Morgan fingerprint density at radius 1 is 1.10 bits per heavy atom. The fraction of sp³-hybridized carbons (Fsp3) is 0.0625. The molecule has 0 aliphatic heterocycles. The van der Waals surface area contributed by atoms with Crippen molar-refractivity contribution in [2.45, 2.75) is 6.92 Å². The van der Waals surface area contributed by atoms with Gasteiger partial charge in [-0.1, -0.05) is 23.5 Å². The lowest BCUT2D eigenvalue weighted by molar-refractivity contribution is 0.101. The lowest BCUT2D eigenvalue weighted by Gasteiger charge is -2.05. The molecule has 1 heterocycles. The van der Waals surface area contributed by atoms with Gasteiger partial charge in [-0.2, -0.15) is 4.98 Å². The van der Waals surface area contributed by atoms with Crippen LogP contribution >= 0.6 is 11.3 Å². The molecule has 0 atom stereocenters. The van der Waals surface area contributed by atoms with Crippen LogP contribution in [0.25, 0.3) is 10.1 Å². The highest BCUT2D eigenvalue weighted by molar-refractivity contribution is 7.19. The van der Waals surface area contributed by atoms with E-state index < -0.39 is 0 Å². The van der Waals surface area contributed by atoms with Crippen molar-refractivity contribution in [2.24, 2.45) is 0 Å². The second-order valence-electron chi connectivity index (χ2n) is 4.46. The van der Waals surface area contributed by atoms with Gasteiger partial charge in [0.25, 0.3) is 10.8 Å². The van der Waals surface area contributed by atoms with E-state index in [4.69, 9.17) is 4.74 Å². The molecule has 0 amide bonds. The largest absolute Gasteiger partial charge is 0.431 e. The summed E-state index contributed by atoms with van der Waals surface area (Å²) in [6, 6.07) is 14.0. The highest BCUT2D eigenvalue weighted by atomic mass is 32.1. The molecule has 0 fully saturated rings. The zero-order valence-electron chi connectivity index (χ0n) is 11.2. The smallest absolute Gasteiger partial charge is 0.282 e. The van der Waals surface area contributed by atoms with Crippen LogP contribution in [0.5, 0.6) is 10.9 Å². The highest BCUT2D eigenvalue weighted by Crippen LogP contribution is 2.27. The van der Waals surface area contributed by atoms with Gasteiger partial charge in [-0.3, -0.25) is 9.59 Å². The van der Waals surface area contributed by atoms with Crippen molar-refractivity contribution in [1.82, 2.24) is 4.98 Å². The van der Waals surface area contributed by atoms with Crippen LogP contribution in [0, 0.1) is 0 Å². The highest BCUT2D eigenvalue weighted by Gasteiger charge is 2.06. The SMILES string of the molecule is CC(=O)c1ccc(Oc2nc(=O)c3ccccc3s2)cc1. The Balaban J connectivity index is 1.94. The number of carbonyl (C=O) groups excluding carboxylic acids is 1. The van der Waals surface area contributed by atoms with Crippen molar-refractivity contribution in [3.05, 3.63) is 64.4 Å². The van der Waals surface area contributed by atoms with Gasteiger partial charge >= 0.3 is 0 Å². The lowest BCUT2D eigenvalue weighted by atomic mass is 10.1. The van der Waals surface area contributed by atoms with Gasteiger partial charge in [0.05, 0.1) is 5.39 Å². The second kappa shape index (κ2) is 5.46. The van der Waals surface area contributed by atoms with Gasteiger partial charge in [-0.05, 0) is 43.3 Å². The maximum atomic E-state index is 11.9. The van der Waals surface area contributed by atoms with Crippen LogP contribution in [0.4, 0.5) is 0 Å². The Kier molecular flexibility index (Phi) is 3.50. The van der Waals surface area contributed by atoms with Crippen LogP contribution in [0.15, 0.2) is 53.3 Å². The molecule has 2 aromatic carbocycles. The fourth-order valence-electron chi connectivity index (χ4n) is 1.89. The molecular weight excluding hydrogens is 286 g/mol. The van der Waals surface area contributed by atoms with Crippen LogP contribution in [-0.4, -0.2) is 10.8 Å². The molecule has 0 saturated heterocycles.